The van der Waals surface area contributed by atoms with Gasteiger partial charge in [0.1, 0.15) is 11.5 Å². The van der Waals surface area contributed by atoms with E-state index in [1.54, 1.807) is 6.20 Å². The largest absolute Gasteiger partial charge is 0.361 e. The Labute approximate surface area is 169 Å². The second-order valence-corrected chi connectivity index (χ2v) is 7.02. The molecule has 0 aliphatic carbocycles. The van der Waals surface area contributed by atoms with Crippen molar-refractivity contribution in [2.24, 2.45) is 0 Å². The van der Waals surface area contributed by atoms with Gasteiger partial charge < -0.3 is 15.6 Å². The number of nitrogens with zero attached hydrogens (tertiary/aromatic N) is 2. The van der Waals surface area contributed by atoms with Crippen LogP contribution >= 0.6 is 0 Å². The van der Waals surface area contributed by atoms with E-state index in [2.05, 4.69) is 51.6 Å². The average Bonchev–Trinajstić information content (AvgIpc) is 3.15. The predicted octanol–water partition coefficient (Wildman–Crippen LogP) is 4.29. The number of hydrogen-bond donors (Lipinski definition) is 3. The first-order valence-corrected chi connectivity index (χ1v) is 9.60. The van der Waals surface area contributed by atoms with E-state index in [1.807, 2.05) is 36.5 Å². The summed E-state index contributed by atoms with van der Waals surface area (Å²) in [6.07, 6.45) is 5.81. The Morgan fingerprint density at radius 2 is 1.90 bits per heavy atom. The van der Waals surface area contributed by atoms with Crippen LogP contribution in [0.15, 0.2) is 61.1 Å². The average molecular weight is 385 g/mol. The zero-order chi connectivity index (χ0) is 20.2. The Hall–Kier alpha value is -3.67. The number of aromatic amines is 1. The van der Waals surface area contributed by atoms with Crippen LogP contribution in [0.4, 0.5) is 11.5 Å². The molecule has 3 N–H and O–H groups in total. The van der Waals surface area contributed by atoms with E-state index < -0.39 is 0 Å². The number of carbonyl (C=O) groups is 1. The Balaban J connectivity index is 1.35. The molecule has 2 aromatic carbocycles. The van der Waals surface area contributed by atoms with E-state index in [4.69, 9.17) is 0 Å². The van der Waals surface area contributed by atoms with Crippen molar-refractivity contribution in [2.75, 3.05) is 11.9 Å². The molecule has 0 saturated carbocycles. The van der Waals surface area contributed by atoms with Crippen LogP contribution in [0.1, 0.15) is 27.2 Å². The summed E-state index contributed by atoms with van der Waals surface area (Å²) in [4.78, 5) is 24.2. The van der Waals surface area contributed by atoms with Gasteiger partial charge in [-0.25, -0.2) is 9.97 Å². The van der Waals surface area contributed by atoms with Gasteiger partial charge in [-0.3, -0.25) is 4.79 Å². The molecule has 6 heteroatoms. The van der Waals surface area contributed by atoms with Gasteiger partial charge in [-0.1, -0.05) is 30.3 Å². The molecular weight excluding hydrogens is 362 g/mol. The number of benzene rings is 2. The standard InChI is InChI=1S/C23H23N5O/c1-15-6-5-9-19(16(15)2)28-22-14-26-21(13-27-22)23(29)24-11-10-17-12-25-20-8-4-3-7-18(17)20/h3-9,12-14,25H,10-11H2,1-2H3,(H,24,29)(H,27,28). The molecule has 0 atom stereocenters. The van der Waals surface area contributed by atoms with Crippen molar-refractivity contribution in [1.29, 1.82) is 0 Å². The summed E-state index contributed by atoms with van der Waals surface area (Å²) in [5.41, 5.74) is 5.93. The van der Waals surface area contributed by atoms with E-state index in [9.17, 15) is 4.79 Å². The van der Waals surface area contributed by atoms with Crippen molar-refractivity contribution in [1.82, 2.24) is 20.3 Å². The van der Waals surface area contributed by atoms with Gasteiger partial charge in [-0.15, -0.1) is 0 Å². The highest BCUT2D eigenvalue weighted by atomic mass is 16.1. The van der Waals surface area contributed by atoms with Gasteiger partial charge in [0, 0.05) is 29.3 Å². The summed E-state index contributed by atoms with van der Waals surface area (Å²) in [5.74, 6) is 0.379. The maximum Gasteiger partial charge on any atom is 0.271 e. The van der Waals surface area contributed by atoms with Crippen LogP contribution in [0, 0.1) is 13.8 Å². The summed E-state index contributed by atoms with van der Waals surface area (Å²) in [5, 5.41) is 7.34. The molecule has 4 aromatic rings. The van der Waals surface area contributed by atoms with Gasteiger partial charge in [-0.2, -0.15) is 0 Å². The van der Waals surface area contributed by atoms with E-state index >= 15 is 0 Å². The molecule has 0 aliphatic heterocycles. The van der Waals surface area contributed by atoms with E-state index in [1.165, 1.54) is 22.7 Å². The van der Waals surface area contributed by atoms with Crippen molar-refractivity contribution >= 4 is 28.3 Å². The second kappa shape index (κ2) is 8.14. The lowest BCUT2D eigenvalue weighted by Gasteiger charge is -2.10. The SMILES string of the molecule is Cc1cccc(Nc2cnc(C(=O)NCCc3c[nH]c4ccccc34)cn2)c1C. The maximum atomic E-state index is 12.4. The topological polar surface area (TPSA) is 82.7 Å². The fourth-order valence-electron chi connectivity index (χ4n) is 3.27. The second-order valence-electron chi connectivity index (χ2n) is 7.02. The number of nitrogens with one attached hydrogen (secondary N) is 3. The Morgan fingerprint density at radius 3 is 2.72 bits per heavy atom. The maximum absolute atomic E-state index is 12.4. The smallest absolute Gasteiger partial charge is 0.271 e. The highest BCUT2D eigenvalue weighted by Gasteiger charge is 2.09. The number of H-pyrrole nitrogens is 1. The molecule has 0 aliphatic rings. The molecule has 2 heterocycles. The van der Waals surface area contributed by atoms with E-state index in [0.717, 1.165) is 23.2 Å². The van der Waals surface area contributed by atoms with Crippen molar-refractivity contribution in [3.05, 3.63) is 83.4 Å². The number of anilines is 2. The fourth-order valence-corrected chi connectivity index (χ4v) is 3.27. The lowest BCUT2D eigenvalue weighted by Crippen LogP contribution is -2.26. The molecule has 0 fully saturated rings. The molecule has 6 nitrogen and oxygen atoms in total. The molecular formula is C23H23N5O. The Morgan fingerprint density at radius 1 is 1.03 bits per heavy atom. The lowest BCUT2D eigenvalue weighted by molar-refractivity contribution is 0.0949. The van der Waals surface area contributed by atoms with Gasteiger partial charge in [0.2, 0.25) is 0 Å². The van der Waals surface area contributed by atoms with Gasteiger partial charge in [0.05, 0.1) is 12.4 Å². The molecule has 29 heavy (non-hydrogen) atoms. The number of aryl methyl sites for hydroxylation is 1. The minimum absolute atomic E-state index is 0.226. The Bertz CT molecular complexity index is 1150. The lowest BCUT2D eigenvalue weighted by atomic mass is 10.1. The first kappa shape index (κ1) is 18.7. The summed E-state index contributed by atoms with van der Waals surface area (Å²) in [6.45, 7) is 4.65. The van der Waals surface area contributed by atoms with Crippen LogP contribution in [-0.2, 0) is 6.42 Å². The third-order valence-electron chi connectivity index (χ3n) is 5.11. The van der Waals surface area contributed by atoms with Gasteiger partial charge in [-0.05, 0) is 49.1 Å². The minimum atomic E-state index is -0.226. The molecule has 0 bridgehead atoms. The highest BCUT2D eigenvalue weighted by molar-refractivity contribution is 5.92. The first-order valence-electron chi connectivity index (χ1n) is 9.60. The van der Waals surface area contributed by atoms with Gasteiger partial charge >= 0.3 is 0 Å². The number of aromatic nitrogens is 3. The van der Waals surface area contributed by atoms with E-state index in [-0.39, 0.29) is 5.91 Å². The van der Waals surface area contributed by atoms with Crippen molar-refractivity contribution in [3.8, 4) is 0 Å². The van der Waals surface area contributed by atoms with Crippen LogP contribution in [0.3, 0.4) is 0 Å². The zero-order valence-electron chi connectivity index (χ0n) is 16.5. The molecule has 0 unspecified atom stereocenters. The number of fused-ring (bicyclic) bond motifs is 1. The summed E-state index contributed by atoms with van der Waals surface area (Å²) < 4.78 is 0. The normalized spacial score (nSPS) is 10.8. The van der Waals surface area contributed by atoms with Crippen LogP contribution in [-0.4, -0.2) is 27.4 Å². The van der Waals surface area contributed by atoms with Gasteiger partial charge in [0.15, 0.2) is 0 Å². The monoisotopic (exact) mass is 385 g/mol. The van der Waals surface area contributed by atoms with E-state index in [0.29, 0.717) is 18.1 Å². The molecule has 0 radical (unpaired) electrons. The number of carbonyl (C=O) groups excluding carboxylic acids is 1. The number of rotatable bonds is 6. The van der Waals surface area contributed by atoms with Crippen molar-refractivity contribution < 1.29 is 4.79 Å². The van der Waals surface area contributed by atoms with Crippen molar-refractivity contribution in [3.63, 3.8) is 0 Å². The summed E-state index contributed by atoms with van der Waals surface area (Å²) >= 11 is 0. The zero-order valence-corrected chi connectivity index (χ0v) is 16.5. The van der Waals surface area contributed by atoms with Crippen LogP contribution in [0.2, 0.25) is 0 Å². The van der Waals surface area contributed by atoms with Crippen molar-refractivity contribution in [2.45, 2.75) is 20.3 Å². The van der Waals surface area contributed by atoms with Gasteiger partial charge in [0.25, 0.3) is 5.91 Å². The first-order chi connectivity index (χ1) is 14.1. The number of para-hydroxylation sites is 1. The highest BCUT2D eigenvalue weighted by Crippen LogP contribution is 2.21. The molecule has 4 rings (SSSR count). The third-order valence-corrected chi connectivity index (χ3v) is 5.11. The Kier molecular flexibility index (Phi) is 5.24. The minimum Gasteiger partial charge on any atom is -0.361 e. The quantitative estimate of drug-likeness (QED) is 0.462. The summed E-state index contributed by atoms with van der Waals surface area (Å²) in [6, 6.07) is 14.2. The predicted molar refractivity (Wildman–Crippen MR) is 116 cm³/mol. The summed E-state index contributed by atoms with van der Waals surface area (Å²) in [7, 11) is 0. The number of hydrogen-bond acceptors (Lipinski definition) is 4. The fraction of sp³-hybridized carbons (Fsp3) is 0.174. The van der Waals surface area contributed by atoms with Crippen LogP contribution in [0.5, 0.6) is 0 Å². The third kappa shape index (κ3) is 4.11. The molecule has 0 spiro atoms. The van der Waals surface area contributed by atoms with Crippen LogP contribution in [0.25, 0.3) is 10.9 Å². The molecule has 146 valence electrons. The van der Waals surface area contributed by atoms with Crippen LogP contribution < -0.4 is 10.6 Å². The molecule has 2 aromatic heterocycles. The molecule has 0 saturated heterocycles. The molecule has 1 amide bonds. The number of amides is 1.